The molecule has 1 aromatic rings. The van der Waals surface area contributed by atoms with Crippen LogP contribution in [0, 0.1) is 11.6 Å². The van der Waals surface area contributed by atoms with Crippen LogP contribution in [0.5, 0.6) is 0 Å². The van der Waals surface area contributed by atoms with Crippen molar-refractivity contribution >= 4 is 21.8 Å². The van der Waals surface area contributed by atoms with Crippen molar-refractivity contribution in [1.82, 2.24) is 4.90 Å². The van der Waals surface area contributed by atoms with Gasteiger partial charge in [-0.15, -0.1) is 0 Å². The van der Waals surface area contributed by atoms with E-state index in [0.29, 0.717) is 6.54 Å². The molecule has 0 aliphatic rings. The van der Waals surface area contributed by atoms with Crippen LogP contribution in [-0.4, -0.2) is 28.7 Å². The van der Waals surface area contributed by atoms with Crippen molar-refractivity contribution in [2.24, 2.45) is 0 Å². The van der Waals surface area contributed by atoms with Gasteiger partial charge in [0.25, 0.3) is 5.91 Å². The molecule has 0 aliphatic carbocycles. The summed E-state index contributed by atoms with van der Waals surface area (Å²) in [5.41, 5.74) is -0.0836. The van der Waals surface area contributed by atoms with Gasteiger partial charge in [0, 0.05) is 24.0 Å². The van der Waals surface area contributed by atoms with E-state index in [1.54, 1.807) is 4.90 Å². The largest absolute Gasteiger partial charge is 0.336 e. The molecule has 1 amide bonds. The van der Waals surface area contributed by atoms with Crippen molar-refractivity contribution in [2.75, 3.05) is 11.9 Å². The van der Waals surface area contributed by atoms with Crippen LogP contribution in [0.3, 0.4) is 0 Å². The first kappa shape index (κ1) is 15.1. The van der Waals surface area contributed by atoms with Crippen molar-refractivity contribution in [3.63, 3.8) is 0 Å². The fourth-order valence-electron chi connectivity index (χ4n) is 1.64. The summed E-state index contributed by atoms with van der Waals surface area (Å²) in [6.45, 7) is 4.28. The van der Waals surface area contributed by atoms with Gasteiger partial charge in [-0.3, -0.25) is 4.79 Å². The van der Waals surface area contributed by atoms with Gasteiger partial charge < -0.3 is 4.90 Å². The quantitative estimate of drug-likeness (QED) is 0.759. The minimum absolute atomic E-state index is 0.0268. The molecular weight excluding hydrogens is 304 g/mol. The molecule has 0 aromatic heterocycles. The van der Waals surface area contributed by atoms with Crippen molar-refractivity contribution in [3.8, 4) is 0 Å². The Kier molecular flexibility index (Phi) is 5.72. The number of halogens is 3. The highest BCUT2D eigenvalue weighted by atomic mass is 79.9. The minimum atomic E-state index is -0.815. The van der Waals surface area contributed by atoms with E-state index in [9.17, 15) is 13.6 Å². The van der Waals surface area contributed by atoms with Gasteiger partial charge in [0.15, 0.2) is 0 Å². The number of carbonyl (C=O) groups excluding carboxylic acids is 1. The van der Waals surface area contributed by atoms with Crippen molar-refractivity contribution in [3.05, 3.63) is 35.4 Å². The molecule has 0 fully saturated rings. The Morgan fingerprint density at radius 1 is 1.39 bits per heavy atom. The fourth-order valence-corrected chi connectivity index (χ4v) is 1.89. The van der Waals surface area contributed by atoms with Crippen molar-refractivity contribution in [1.29, 1.82) is 0 Å². The molecule has 0 unspecified atom stereocenters. The molecule has 0 N–H and O–H groups in total. The van der Waals surface area contributed by atoms with Crippen LogP contribution in [0.1, 0.15) is 30.6 Å². The maximum absolute atomic E-state index is 13.6. The molecule has 18 heavy (non-hydrogen) atoms. The summed E-state index contributed by atoms with van der Waals surface area (Å²) >= 11 is 3.29. The van der Waals surface area contributed by atoms with Crippen LogP contribution in [0.4, 0.5) is 8.78 Å². The fraction of sp³-hybridized carbons (Fsp3) is 0.462. The lowest BCUT2D eigenvalue weighted by molar-refractivity contribution is 0.0702. The predicted molar refractivity (Wildman–Crippen MR) is 70.9 cm³/mol. The standard InChI is InChI=1S/C13H16BrF2NO/c1-9(2)17(7-3-6-14)13(18)11-5-4-10(15)8-12(11)16/h4-5,8-9H,3,6-7H2,1-2H3. The van der Waals surface area contributed by atoms with E-state index in [4.69, 9.17) is 0 Å². The lowest BCUT2D eigenvalue weighted by Gasteiger charge is -2.26. The first-order valence-electron chi connectivity index (χ1n) is 5.79. The van der Waals surface area contributed by atoms with Gasteiger partial charge in [-0.05, 0) is 32.4 Å². The second-order valence-corrected chi connectivity index (χ2v) is 5.05. The van der Waals surface area contributed by atoms with Crippen molar-refractivity contribution in [2.45, 2.75) is 26.3 Å². The predicted octanol–water partition coefficient (Wildman–Crippen LogP) is 3.60. The summed E-state index contributed by atoms with van der Waals surface area (Å²) in [4.78, 5) is 13.8. The Morgan fingerprint density at radius 3 is 2.56 bits per heavy atom. The summed E-state index contributed by atoms with van der Waals surface area (Å²) < 4.78 is 26.4. The molecule has 0 heterocycles. The highest BCUT2D eigenvalue weighted by Gasteiger charge is 2.21. The molecule has 1 rings (SSSR count). The van der Waals surface area contributed by atoms with E-state index < -0.39 is 17.5 Å². The number of rotatable bonds is 5. The Morgan fingerprint density at radius 2 is 2.06 bits per heavy atom. The van der Waals surface area contributed by atoms with E-state index in [2.05, 4.69) is 15.9 Å². The van der Waals surface area contributed by atoms with Crippen LogP contribution in [-0.2, 0) is 0 Å². The van der Waals surface area contributed by atoms with E-state index in [1.165, 1.54) is 6.07 Å². The molecule has 0 aliphatic heterocycles. The zero-order chi connectivity index (χ0) is 13.7. The number of alkyl halides is 1. The van der Waals surface area contributed by atoms with Crippen LogP contribution in [0.2, 0.25) is 0 Å². The van der Waals surface area contributed by atoms with E-state index >= 15 is 0 Å². The third kappa shape index (κ3) is 3.77. The molecule has 0 spiro atoms. The Balaban J connectivity index is 2.94. The van der Waals surface area contributed by atoms with Gasteiger partial charge in [-0.2, -0.15) is 0 Å². The molecule has 0 bridgehead atoms. The monoisotopic (exact) mass is 319 g/mol. The van der Waals surface area contributed by atoms with E-state index in [-0.39, 0.29) is 11.6 Å². The third-order valence-corrected chi connectivity index (χ3v) is 3.14. The summed E-state index contributed by atoms with van der Waals surface area (Å²) in [7, 11) is 0. The van der Waals surface area contributed by atoms with E-state index in [0.717, 1.165) is 23.9 Å². The maximum Gasteiger partial charge on any atom is 0.257 e. The molecule has 1 aromatic carbocycles. The number of amides is 1. The SMILES string of the molecule is CC(C)N(CCCBr)C(=O)c1ccc(F)cc1F. The average Bonchev–Trinajstić information content (AvgIpc) is 2.28. The summed E-state index contributed by atoms with van der Waals surface area (Å²) in [5, 5.41) is 0.773. The topological polar surface area (TPSA) is 20.3 Å². The Bertz CT molecular complexity index is 423. The lowest BCUT2D eigenvalue weighted by atomic mass is 10.1. The summed E-state index contributed by atoms with van der Waals surface area (Å²) in [6, 6.07) is 2.99. The first-order chi connectivity index (χ1) is 8.47. The normalized spacial score (nSPS) is 10.8. The van der Waals surface area contributed by atoms with Gasteiger partial charge >= 0.3 is 0 Å². The first-order valence-corrected chi connectivity index (χ1v) is 6.91. The smallest absolute Gasteiger partial charge is 0.257 e. The van der Waals surface area contributed by atoms with Crippen LogP contribution < -0.4 is 0 Å². The summed E-state index contributed by atoms with van der Waals surface area (Å²) in [6.07, 6.45) is 0.784. The molecule has 0 saturated carbocycles. The van der Waals surface area contributed by atoms with Gasteiger partial charge in [0.05, 0.1) is 5.56 Å². The van der Waals surface area contributed by atoms with Crippen molar-refractivity contribution < 1.29 is 13.6 Å². The number of hydrogen-bond acceptors (Lipinski definition) is 1. The Labute approximate surface area is 114 Å². The van der Waals surface area contributed by atoms with Crippen LogP contribution in [0.25, 0.3) is 0 Å². The van der Waals surface area contributed by atoms with Gasteiger partial charge in [-0.1, -0.05) is 15.9 Å². The molecule has 0 atom stereocenters. The second-order valence-electron chi connectivity index (χ2n) is 4.26. The van der Waals surface area contributed by atoms with Gasteiger partial charge in [0.2, 0.25) is 0 Å². The maximum atomic E-state index is 13.6. The average molecular weight is 320 g/mol. The van der Waals surface area contributed by atoms with Crippen LogP contribution in [0.15, 0.2) is 18.2 Å². The lowest BCUT2D eigenvalue weighted by Crippen LogP contribution is -2.38. The molecular formula is C13H16BrF2NO. The minimum Gasteiger partial charge on any atom is -0.336 e. The molecule has 0 radical (unpaired) electrons. The number of hydrogen-bond donors (Lipinski definition) is 0. The van der Waals surface area contributed by atoms with E-state index in [1.807, 2.05) is 13.8 Å². The molecule has 100 valence electrons. The summed E-state index contributed by atoms with van der Waals surface area (Å²) in [5.74, 6) is -1.89. The van der Waals surface area contributed by atoms with Gasteiger partial charge in [-0.25, -0.2) is 8.78 Å². The van der Waals surface area contributed by atoms with Crippen LogP contribution >= 0.6 is 15.9 Å². The zero-order valence-electron chi connectivity index (χ0n) is 10.4. The highest BCUT2D eigenvalue weighted by molar-refractivity contribution is 9.09. The number of nitrogens with zero attached hydrogens (tertiary/aromatic N) is 1. The molecule has 2 nitrogen and oxygen atoms in total. The second kappa shape index (κ2) is 6.83. The molecule has 5 heteroatoms. The number of benzene rings is 1. The molecule has 0 saturated heterocycles. The zero-order valence-corrected chi connectivity index (χ0v) is 12.0. The van der Waals surface area contributed by atoms with Gasteiger partial charge in [0.1, 0.15) is 11.6 Å². The highest BCUT2D eigenvalue weighted by Crippen LogP contribution is 2.14. The third-order valence-electron chi connectivity index (χ3n) is 2.58. The number of carbonyl (C=O) groups is 1. The Hall–Kier alpha value is -0.970.